The molecule has 1 fully saturated rings. The molecule has 1 aliphatic rings. The van der Waals surface area contributed by atoms with E-state index in [0.717, 1.165) is 10.6 Å². The number of benzene rings is 2. The van der Waals surface area contributed by atoms with Crippen molar-refractivity contribution in [3.8, 4) is 0 Å². The van der Waals surface area contributed by atoms with Gasteiger partial charge in [0.1, 0.15) is 5.54 Å². The molecule has 1 heterocycles. The van der Waals surface area contributed by atoms with Gasteiger partial charge in [0, 0.05) is 5.56 Å². The smallest absolute Gasteiger partial charge is 0.322 e. The van der Waals surface area contributed by atoms with E-state index < -0.39 is 17.5 Å². The molecule has 1 N–H and O–H groups in total. The van der Waals surface area contributed by atoms with Crippen LogP contribution in [0.25, 0.3) is 0 Å². The monoisotopic (exact) mass is 389 g/mol. The maximum absolute atomic E-state index is 12.7. The van der Waals surface area contributed by atoms with E-state index >= 15 is 0 Å². The van der Waals surface area contributed by atoms with Crippen LogP contribution in [-0.4, -0.2) is 28.7 Å². The van der Waals surface area contributed by atoms with Gasteiger partial charge in [-0.1, -0.05) is 65.7 Å². The first kappa shape index (κ1) is 18.4. The highest BCUT2D eigenvalue weighted by atomic mass is 35.5. The molecule has 26 heavy (non-hydrogen) atoms. The number of carbonyl (C=O) groups excluding carboxylic acids is 2. The van der Waals surface area contributed by atoms with Crippen molar-refractivity contribution >= 4 is 41.4 Å². The second kappa shape index (κ2) is 7.48. The lowest BCUT2D eigenvalue weighted by Gasteiger charge is -2.20. The molecule has 1 atom stereocenters. The van der Waals surface area contributed by atoms with Gasteiger partial charge in [-0.2, -0.15) is 5.10 Å². The molecule has 3 rings (SSSR count). The quantitative estimate of drug-likeness (QED) is 0.612. The SMILES string of the molecule is C[C@]1(CCc2ccccc2)NC(=O)N(/N=C\c2cccc(Cl)c2Cl)C1=O. The Morgan fingerprint density at radius 2 is 1.85 bits per heavy atom. The zero-order valence-electron chi connectivity index (χ0n) is 14.1. The summed E-state index contributed by atoms with van der Waals surface area (Å²) < 4.78 is 0. The van der Waals surface area contributed by atoms with E-state index in [1.165, 1.54) is 6.21 Å². The van der Waals surface area contributed by atoms with Gasteiger partial charge in [-0.05, 0) is 31.4 Å². The Hall–Kier alpha value is -2.37. The number of hydrazone groups is 1. The first-order chi connectivity index (χ1) is 12.4. The Balaban J connectivity index is 1.74. The maximum atomic E-state index is 12.7. The Bertz CT molecular complexity index is 870. The predicted molar refractivity (Wildman–Crippen MR) is 103 cm³/mol. The van der Waals surface area contributed by atoms with Gasteiger partial charge in [0.15, 0.2) is 0 Å². The van der Waals surface area contributed by atoms with Crippen molar-refractivity contribution in [2.45, 2.75) is 25.3 Å². The number of nitrogens with one attached hydrogen (secondary N) is 1. The van der Waals surface area contributed by atoms with Crippen molar-refractivity contribution in [2.75, 3.05) is 0 Å². The fourth-order valence-electron chi connectivity index (χ4n) is 2.72. The molecule has 1 aliphatic heterocycles. The summed E-state index contributed by atoms with van der Waals surface area (Å²) in [4.78, 5) is 24.9. The number of halogens is 2. The van der Waals surface area contributed by atoms with Gasteiger partial charge in [-0.15, -0.1) is 5.01 Å². The zero-order valence-corrected chi connectivity index (χ0v) is 15.6. The zero-order chi connectivity index (χ0) is 18.7. The summed E-state index contributed by atoms with van der Waals surface area (Å²) >= 11 is 12.1. The largest absolute Gasteiger partial charge is 0.346 e. The van der Waals surface area contributed by atoms with Gasteiger partial charge in [0.2, 0.25) is 0 Å². The summed E-state index contributed by atoms with van der Waals surface area (Å²) in [7, 11) is 0. The van der Waals surface area contributed by atoms with Crippen LogP contribution in [0, 0.1) is 0 Å². The summed E-state index contributed by atoms with van der Waals surface area (Å²) in [6.45, 7) is 1.71. The van der Waals surface area contributed by atoms with Crippen molar-refractivity contribution in [3.63, 3.8) is 0 Å². The van der Waals surface area contributed by atoms with Crippen molar-refractivity contribution in [2.24, 2.45) is 5.10 Å². The third kappa shape index (κ3) is 3.74. The minimum atomic E-state index is -0.998. The van der Waals surface area contributed by atoms with Crippen LogP contribution in [0.5, 0.6) is 0 Å². The molecular formula is C19H17Cl2N3O2. The Labute approximate surface area is 161 Å². The van der Waals surface area contributed by atoms with Crippen LogP contribution < -0.4 is 5.32 Å². The number of carbonyl (C=O) groups is 2. The molecule has 2 aromatic rings. The summed E-state index contributed by atoms with van der Waals surface area (Å²) in [5, 5.41) is 8.27. The van der Waals surface area contributed by atoms with E-state index in [-0.39, 0.29) is 0 Å². The molecule has 1 saturated heterocycles. The molecule has 134 valence electrons. The van der Waals surface area contributed by atoms with Gasteiger partial charge >= 0.3 is 6.03 Å². The lowest BCUT2D eigenvalue weighted by molar-refractivity contribution is -0.130. The molecule has 0 unspecified atom stereocenters. The van der Waals surface area contributed by atoms with E-state index in [0.29, 0.717) is 28.5 Å². The van der Waals surface area contributed by atoms with Gasteiger partial charge < -0.3 is 5.32 Å². The first-order valence-electron chi connectivity index (χ1n) is 8.09. The summed E-state index contributed by atoms with van der Waals surface area (Å²) in [5.74, 6) is -0.396. The van der Waals surface area contributed by atoms with Crippen molar-refractivity contribution in [3.05, 3.63) is 69.7 Å². The van der Waals surface area contributed by atoms with Gasteiger partial charge in [-0.3, -0.25) is 4.79 Å². The number of nitrogens with zero attached hydrogens (tertiary/aromatic N) is 2. The van der Waals surface area contributed by atoms with Crippen LogP contribution in [0.1, 0.15) is 24.5 Å². The minimum absolute atomic E-state index is 0.316. The van der Waals surface area contributed by atoms with E-state index in [9.17, 15) is 9.59 Å². The molecule has 0 spiro atoms. The number of imide groups is 1. The molecular weight excluding hydrogens is 373 g/mol. The fourth-order valence-corrected chi connectivity index (χ4v) is 3.08. The summed E-state index contributed by atoms with van der Waals surface area (Å²) in [6, 6.07) is 14.3. The van der Waals surface area contributed by atoms with Crippen LogP contribution in [-0.2, 0) is 11.2 Å². The van der Waals surface area contributed by atoms with Crippen LogP contribution in [0.3, 0.4) is 0 Å². The summed E-state index contributed by atoms with van der Waals surface area (Å²) in [5.41, 5.74) is 0.628. The molecule has 0 radical (unpaired) electrons. The van der Waals surface area contributed by atoms with E-state index in [4.69, 9.17) is 23.2 Å². The predicted octanol–water partition coefficient (Wildman–Crippen LogP) is 4.27. The average Bonchev–Trinajstić information content (AvgIpc) is 2.85. The maximum Gasteiger partial charge on any atom is 0.346 e. The van der Waals surface area contributed by atoms with Gasteiger partial charge in [0.05, 0.1) is 16.3 Å². The lowest BCUT2D eigenvalue weighted by Crippen LogP contribution is -2.44. The topological polar surface area (TPSA) is 61.8 Å². The molecule has 0 bridgehead atoms. The highest BCUT2D eigenvalue weighted by Gasteiger charge is 2.47. The van der Waals surface area contributed by atoms with Gasteiger partial charge in [-0.25, -0.2) is 4.79 Å². The first-order valence-corrected chi connectivity index (χ1v) is 8.85. The molecule has 3 amide bonds. The van der Waals surface area contributed by atoms with Crippen LogP contribution in [0.4, 0.5) is 4.79 Å². The number of aryl methyl sites for hydroxylation is 1. The lowest BCUT2D eigenvalue weighted by atomic mass is 9.93. The van der Waals surface area contributed by atoms with Crippen LogP contribution >= 0.6 is 23.2 Å². The van der Waals surface area contributed by atoms with Crippen LogP contribution in [0.2, 0.25) is 10.0 Å². The average molecular weight is 390 g/mol. The summed E-state index contributed by atoms with van der Waals surface area (Å²) in [6.07, 6.45) is 2.50. The van der Waals surface area contributed by atoms with Crippen molar-refractivity contribution < 1.29 is 9.59 Å². The standard InChI is InChI=1S/C19H17Cl2N3O2/c1-19(11-10-13-6-3-2-4-7-13)17(25)24(18(26)23-19)22-12-14-8-5-9-15(20)16(14)21/h2-9,12H,10-11H2,1H3,(H,23,26)/b22-12-/t19-/m1/s1. The van der Waals surface area contributed by atoms with Crippen molar-refractivity contribution in [1.82, 2.24) is 10.3 Å². The van der Waals surface area contributed by atoms with Crippen LogP contribution in [0.15, 0.2) is 53.6 Å². The number of hydrogen-bond acceptors (Lipinski definition) is 3. The Morgan fingerprint density at radius 1 is 1.12 bits per heavy atom. The van der Waals surface area contributed by atoms with Crippen molar-refractivity contribution in [1.29, 1.82) is 0 Å². The van der Waals surface area contributed by atoms with Gasteiger partial charge in [0.25, 0.3) is 5.91 Å². The van der Waals surface area contributed by atoms with E-state index in [1.54, 1.807) is 25.1 Å². The number of amides is 3. The van der Waals surface area contributed by atoms with E-state index in [1.807, 2.05) is 30.3 Å². The van der Waals surface area contributed by atoms with E-state index in [2.05, 4.69) is 10.4 Å². The molecule has 7 heteroatoms. The third-order valence-corrected chi connectivity index (χ3v) is 5.12. The minimum Gasteiger partial charge on any atom is -0.322 e. The second-order valence-corrected chi connectivity index (χ2v) is 7.04. The molecule has 2 aromatic carbocycles. The molecule has 5 nitrogen and oxygen atoms in total. The molecule has 0 aliphatic carbocycles. The number of urea groups is 1. The highest BCUT2D eigenvalue weighted by Crippen LogP contribution is 2.26. The molecule has 0 aromatic heterocycles. The Morgan fingerprint density at radius 3 is 2.58 bits per heavy atom. The fraction of sp³-hybridized carbons (Fsp3) is 0.211. The normalized spacial score (nSPS) is 20.0. The third-order valence-electron chi connectivity index (χ3n) is 4.29. The molecule has 0 saturated carbocycles. The highest BCUT2D eigenvalue weighted by molar-refractivity contribution is 6.43. The second-order valence-electron chi connectivity index (χ2n) is 6.25. The Kier molecular flexibility index (Phi) is 5.30. The number of hydrogen-bond donors (Lipinski definition) is 1. The number of rotatable bonds is 5.